The molecule has 29 nitrogen and oxygen atoms in total. The summed E-state index contributed by atoms with van der Waals surface area (Å²) in [5.41, 5.74) is 29.2. The maximum Gasteiger partial charge on any atom is 0.245 e. The molecule has 0 radical (unpaired) electrons. The fraction of sp³-hybridized carbons (Fsp3) is 0.788. The minimum Gasteiger partial charge on any atom is -0.391 e. The van der Waals surface area contributed by atoms with Crippen LogP contribution in [-0.4, -0.2) is 187 Å². The van der Waals surface area contributed by atoms with E-state index in [0.717, 1.165) is 12.8 Å². The molecule has 0 bridgehead atoms. The van der Waals surface area contributed by atoms with Crippen LogP contribution in [0.4, 0.5) is 0 Å². The molecule has 464 valence electrons. The van der Waals surface area contributed by atoms with Crippen molar-refractivity contribution in [3.8, 4) is 0 Å². The van der Waals surface area contributed by atoms with E-state index in [0.29, 0.717) is 18.8 Å². The lowest BCUT2D eigenvalue weighted by Crippen LogP contribution is -2.62. The van der Waals surface area contributed by atoms with Gasteiger partial charge in [0.2, 0.25) is 65.0 Å². The van der Waals surface area contributed by atoms with Crippen LogP contribution in [0.3, 0.4) is 0 Å². The third-order valence-electron chi connectivity index (χ3n) is 13.5. The van der Waals surface area contributed by atoms with Crippen LogP contribution < -0.4 is 87.2 Å². The van der Waals surface area contributed by atoms with E-state index in [1.54, 1.807) is 27.7 Å². The first-order valence-corrected chi connectivity index (χ1v) is 28.4. The van der Waals surface area contributed by atoms with Crippen LogP contribution in [0.25, 0.3) is 0 Å². The van der Waals surface area contributed by atoms with E-state index in [4.69, 9.17) is 28.7 Å². The number of amides is 11. The zero-order valence-electron chi connectivity index (χ0n) is 48.7. The quantitative estimate of drug-likeness (QED) is 0.0325. The number of hydrogen-bond donors (Lipinski definition) is 18. The Labute approximate surface area is 475 Å². The zero-order valence-corrected chi connectivity index (χ0v) is 48.7. The molecule has 81 heavy (non-hydrogen) atoms. The van der Waals surface area contributed by atoms with Crippen molar-refractivity contribution in [1.82, 2.24) is 58.5 Å². The number of nitrogens with two attached hydrogens (primary N) is 5. The second-order valence-electron chi connectivity index (χ2n) is 21.5. The lowest BCUT2D eigenvalue weighted by Gasteiger charge is -2.30. The summed E-state index contributed by atoms with van der Waals surface area (Å²) in [5.74, 6) is -9.90. The minimum absolute atomic E-state index is 0.0140. The lowest BCUT2D eigenvalue weighted by atomic mass is 9.96. The van der Waals surface area contributed by atoms with E-state index in [1.165, 1.54) is 13.8 Å². The predicted molar refractivity (Wildman–Crippen MR) is 301 cm³/mol. The van der Waals surface area contributed by atoms with Gasteiger partial charge in [0.05, 0.1) is 12.2 Å². The summed E-state index contributed by atoms with van der Waals surface area (Å²) >= 11 is 0. The number of unbranched alkanes of at least 4 members (excludes halogenated alkanes) is 1. The molecule has 1 aliphatic rings. The molecule has 1 heterocycles. The van der Waals surface area contributed by atoms with Crippen molar-refractivity contribution in [2.75, 3.05) is 39.3 Å². The van der Waals surface area contributed by atoms with E-state index >= 15 is 0 Å². The van der Waals surface area contributed by atoms with Gasteiger partial charge in [-0.25, -0.2) is 0 Å². The smallest absolute Gasteiger partial charge is 0.245 e. The highest BCUT2D eigenvalue weighted by Gasteiger charge is 2.38. The number of carbonyl (C=O) groups excluding carboxylic acids is 11. The van der Waals surface area contributed by atoms with Crippen LogP contribution in [-0.2, 0) is 52.7 Å². The van der Waals surface area contributed by atoms with Gasteiger partial charge in [-0.1, -0.05) is 60.8 Å². The molecule has 23 N–H and O–H groups in total. The molecule has 1 aliphatic heterocycles. The highest BCUT2D eigenvalue weighted by atomic mass is 16.3. The van der Waals surface area contributed by atoms with Crippen molar-refractivity contribution in [2.24, 2.45) is 46.4 Å². The molecule has 11 amide bonds. The third-order valence-corrected chi connectivity index (χ3v) is 13.5. The Balaban J connectivity index is 3.84. The number of hydrogen-bond acceptors (Lipinski definition) is 18. The Morgan fingerprint density at radius 2 is 1.01 bits per heavy atom. The molecule has 1 saturated heterocycles. The Morgan fingerprint density at radius 3 is 1.49 bits per heavy atom. The molecule has 0 aromatic rings. The van der Waals surface area contributed by atoms with E-state index in [-0.39, 0.29) is 83.6 Å². The average Bonchev–Trinajstić information content (AvgIpc) is 3.42. The molecular formula is C52H98N16O13. The van der Waals surface area contributed by atoms with E-state index in [2.05, 4.69) is 72.3 Å². The van der Waals surface area contributed by atoms with Crippen LogP contribution in [0.15, 0.2) is 0 Å². The lowest BCUT2D eigenvalue weighted by molar-refractivity contribution is -0.137. The Bertz CT molecular complexity index is 2050. The predicted octanol–water partition coefficient (Wildman–Crippen LogP) is -5.83. The molecular weight excluding hydrogens is 1060 g/mol. The van der Waals surface area contributed by atoms with Gasteiger partial charge in [0.1, 0.15) is 60.4 Å². The number of nitrogens with one attached hydrogen (secondary N) is 11. The first-order chi connectivity index (χ1) is 38.2. The van der Waals surface area contributed by atoms with Crippen LogP contribution in [0, 0.1) is 17.8 Å². The fourth-order valence-corrected chi connectivity index (χ4v) is 8.59. The second kappa shape index (κ2) is 38.6. The maximum atomic E-state index is 14.4. The number of aliphatic hydroxyl groups is 2. The van der Waals surface area contributed by atoms with Crippen molar-refractivity contribution >= 4 is 65.0 Å². The Morgan fingerprint density at radius 1 is 0.531 bits per heavy atom. The van der Waals surface area contributed by atoms with Crippen molar-refractivity contribution < 1.29 is 63.0 Å². The Hall–Kier alpha value is -6.11. The molecule has 0 aromatic carbocycles. The normalized spacial score (nSPS) is 23.6. The zero-order chi connectivity index (χ0) is 61.5. The molecule has 0 aliphatic carbocycles. The van der Waals surface area contributed by atoms with E-state index in [1.807, 2.05) is 0 Å². The van der Waals surface area contributed by atoms with Crippen molar-refractivity contribution in [3.05, 3.63) is 0 Å². The highest BCUT2D eigenvalue weighted by Crippen LogP contribution is 2.14. The summed E-state index contributed by atoms with van der Waals surface area (Å²) in [7, 11) is 0. The maximum absolute atomic E-state index is 14.4. The molecule has 4 unspecified atom stereocenters. The molecule has 13 atom stereocenters. The summed E-state index contributed by atoms with van der Waals surface area (Å²) in [5, 5.41) is 49.5. The Kier molecular flexibility index (Phi) is 34.7. The summed E-state index contributed by atoms with van der Waals surface area (Å²) in [6.45, 7) is 12.4. The molecule has 29 heteroatoms. The average molecular weight is 1160 g/mol. The number of aliphatic hydroxyl groups excluding tert-OH is 2. The van der Waals surface area contributed by atoms with Crippen molar-refractivity contribution in [1.29, 1.82) is 0 Å². The van der Waals surface area contributed by atoms with Gasteiger partial charge in [0.15, 0.2) is 0 Å². The van der Waals surface area contributed by atoms with E-state index < -0.39 is 156 Å². The van der Waals surface area contributed by atoms with Gasteiger partial charge in [0, 0.05) is 13.0 Å². The minimum atomic E-state index is -1.69. The van der Waals surface area contributed by atoms with Gasteiger partial charge < -0.3 is 97.4 Å². The summed E-state index contributed by atoms with van der Waals surface area (Å²) in [6.07, 6.45) is -1.52. The van der Waals surface area contributed by atoms with Gasteiger partial charge in [-0.2, -0.15) is 0 Å². The highest BCUT2D eigenvalue weighted by molar-refractivity contribution is 5.99. The molecule has 1 rings (SSSR count). The third kappa shape index (κ3) is 26.6. The van der Waals surface area contributed by atoms with E-state index in [9.17, 15) is 63.0 Å². The van der Waals surface area contributed by atoms with Crippen LogP contribution in [0.1, 0.15) is 132 Å². The summed E-state index contributed by atoms with van der Waals surface area (Å²) in [4.78, 5) is 153. The molecule has 0 spiro atoms. The standard InChI is InChI=1S/C52H98N16O13/c1-9-29(6)40-51(80)63-34(16-22-55)43(72)61-36(18-24-57)48(77)67-41(30(7)69)50(79)58-25-19-37(46(75)60-33(15-21-54)45(74)65-38(26-28(4)5)49(78)66-40)62-44(73)35(17-23-56)64-52(81)42(31(8)70)68-47(76)32(14-20-53)59-39(71)13-11-10-12-27(2)3/h27-38,40-42,69-70H,9-26,53-57H2,1-8H3,(H,58,79)(H,59,71)(H,60,75)(H,61,72)(H,62,73)(H,63,80)(H,64,81)(H,65,74)(H,66,78)(H,67,77)(H,68,76)/t29-,30+,31+,32-,33-,34-,35?,36+,37-,38-,40?,41?,42?/m0/s1. The van der Waals surface area contributed by atoms with Gasteiger partial charge in [0.25, 0.3) is 0 Å². The molecule has 0 aromatic heterocycles. The van der Waals surface area contributed by atoms with Crippen molar-refractivity contribution in [3.63, 3.8) is 0 Å². The van der Waals surface area contributed by atoms with Crippen molar-refractivity contribution in [2.45, 2.75) is 205 Å². The summed E-state index contributed by atoms with van der Waals surface area (Å²) in [6, 6.07) is -14.5. The van der Waals surface area contributed by atoms with Crippen LogP contribution in [0.5, 0.6) is 0 Å². The largest absolute Gasteiger partial charge is 0.391 e. The van der Waals surface area contributed by atoms with Gasteiger partial charge in [-0.15, -0.1) is 0 Å². The molecule has 1 fully saturated rings. The van der Waals surface area contributed by atoms with Gasteiger partial charge in [-0.3, -0.25) is 52.7 Å². The van der Waals surface area contributed by atoms with Gasteiger partial charge in [-0.05, 0) is 116 Å². The monoisotopic (exact) mass is 1150 g/mol. The molecule has 0 saturated carbocycles. The topological polar surface area (TPSA) is 491 Å². The number of rotatable bonds is 28. The van der Waals surface area contributed by atoms with Gasteiger partial charge >= 0.3 is 0 Å². The first kappa shape index (κ1) is 72.9. The summed E-state index contributed by atoms with van der Waals surface area (Å²) < 4.78 is 0. The van der Waals surface area contributed by atoms with Crippen LogP contribution in [0.2, 0.25) is 0 Å². The van der Waals surface area contributed by atoms with Crippen LogP contribution >= 0.6 is 0 Å². The fourth-order valence-electron chi connectivity index (χ4n) is 8.59. The first-order valence-electron chi connectivity index (χ1n) is 28.4. The second-order valence-corrected chi connectivity index (χ2v) is 21.5. The number of carbonyl (C=O) groups is 11. The SMILES string of the molecule is CC[C@H](C)C1NC(=O)[C@H](CC(C)C)NC(=O)[C@H](CCN)NC(=O)[C@@H](NC(=O)C(CCN)NC(=O)C(NC(=O)[C@H](CCN)NC(=O)CCCCC(C)C)[C@@H](C)O)CCNC(=O)C([C@@H](C)O)NC(=O)[C@@H](CCN)NC(=O)[C@H](CCN)NC1=O.